The maximum Gasteiger partial charge on any atom is 0.253 e. The number of nitrogens with one attached hydrogen (secondary N) is 1. The van der Waals surface area contributed by atoms with Gasteiger partial charge < -0.3 is 15.3 Å². The SMILES string of the molecule is CC(=O)Nc1ccc(C(=O)N(C)C2CCCCC2O)cc1. The van der Waals surface area contributed by atoms with Crippen LogP contribution in [-0.2, 0) is 4.79 Å². The monoisotopic (exact) mass is 290 g/mol. The van der Waals surface area contributed by atoms with E-state index in [4.69, 9.17) is 0 Å². The highest BCUT2D eigenvalue weighted by atomic mass is 16.3. The molecule has 21 heavy (non-hydrogen) atoms. The van der Waals surface area contributed by atoms with Crippen LogP contribution in [0.1, 0.15) is 43.0 Å². The number of likely N-dealkylation sites (N-methyl/N-ethyl adjacent to an activating group) is 1. The maximum absolute atomic E-state index is 12.5. The van der Waals surface area contributed by atoms with Gasteiger partial charge in [0.25, 0.3) is 5.91 Å². The van der Waals surface area contributed by atoms with Gasteiger partial charge in [0, 0.05) is 25.2 Å². The zero-order valence-corrected chi connectivity index (χ0v) is 12.5. The molecule has 1 aliphatic rings. The van der Waals surface area contributed by atoms with E-state index >= 15 is 0 Å². The topological polar surface area (TPSA) is 69.6 Å². The van der Waals surface area contributed by atoms with Gasteiger partial charge in [0.15, 0.2) is 0 Å². The summed E-state index contributed by atoms with van der Waals surface area (Å²) in [6, 6.07) is 6.69. The summed E-state index contributed by atoms with van der Waals surface area (Å²) in [6.07, 6.45) is 3.22. The summed E-state index contributed by atoms with van der Waals surface area (Å²) in [5.74, 6) is -0.244. The number of hydrogen-bond donors (Lipinski definition) is 2. The number of carbonyl (C=O) groups is 2. The van der Waals surface area contributed by atoms with Crippen LogP contribution in [0.3, 0.4) is 0 Å². The van der Waals surface area contributed by atoms with E-state index in [0.717, 1.165) is 25.7 Å². The first-order valence-electron chi connectivity index (χ1n) is 7.32. The zero-order chi connectivity index (χ0) is 15.4. The Morgan fingerprint density at radius 2 is 1.81 bits per heavy atom. The number of anilines is 1. The second-order valence-electron chi connectivity index (χ2n) is 5.59. The second kappa shape index (κ2) is 6.72. The fourth-order valence-electron chi connectivity index (χ4n) is 2.80. The fraction of sp³-hybridized carbons (Fsp3) is 0.500. The van der Waals surface area contributed by atoms with E-state index in [9.17, 15) is 14.7 Å². The number of rotatable bonds is 3. The molecule has 5 heteroatoms. The molecule has 1 aromatic carbocycles. The third kappa shape index (κ3) is 3.82. The number of aliphatic hydroxyl groups excluding tert-OH is 1. The van der Waals surface area contributed by atoms with Crippen molar-refractivity contribution in [1.82, 2.24) is 4.90 Å². The number of hydrogen-bond acceptors (Lipinski definition) is 3. The van der Waals surface area contributed by atoms with E-state index in [0.29, 0.717) is 11.3 Å². The third-order valence-electron chi connectivity index (χ3n) is 3.96. The predicted octanol–water partition coefficient (Wildman–Crippen LogP) is 2.02. The average molecular weight is 290 g/mol. The van der Waals surface area contributed by atoms with E-state index in [2.05, 4.69) is 5.32 Å². The van der Waals surface area contributed by atoms with Gasteiger partial charge in [-0.3, -0.25) is 9.59 Å². The van der Waals surface area contributed by atoms with Gasteiger partial charge >= 0.3 is 0 Å². The molecule has 0 aliphatic heterocycles. The first-order valence-corrected chi connectivity index (χ1v) is 7.32. The molecule has 0 radical (unpaired) electrons. The van der Waals surface area contributed by atoms with E-state index in [-0.39, 0.29) is 17.9 Å². The second-order valence-corrected chi connectivity index (χ2v) is 5.59. The van der Waals surface area contributed by atoms with Gasteiger partial charge in [-0.2, -0.15) is 0 Å². The van der Waals surface area contributed by atoms with Crippen LogP contribution in [0, 0.1) is 0 Å². The van der Waals surface area contributed by atoms with Gasteiger partial charge in [0.2, 0.25) is 5.91 Å². The molecule has 0 aromatic heterocycles. The van der Waals surface area contributed by atoms with Crippen LogP contribution in [0.2, 0.25) is 0 Å². The highest BCUT2D eigenvalue weighted by Crippen LogP contribution is 2.23. The Bertz CT molecular complexity index is 513. The summed E-state index contributed by atoms with van der Waals surface area (Å²) in [5.41, 5.74) is 1.23. The van der Waals surface area contributed by atoms with Crippen molar-refractivity contribution in [2.45, 2.75) is 44.8 Å². The minimum Gasteiger partial charge on any atom is -0.391 e. The molecule has 5 nitrogen and oxygen atoms in total. The Labute approximate surface area is 125 Å². The summed E-state index contributed by atoms with van der Waals surface area (Å²) in [4.78, 5) is 25.1. The molecule has 2 N–H and O–H groups in total. The highest BCUT2D eigenvalue weighted by Gasteiger charge is 2.29. The van der Waals surface area contributed by atoms with Crippen LogP contribution < -0.4 is 5.32 Å². The third-order valence-corrected chi connectivity index (χ3v) is 3.96. The average Bonchev–Trinajstić information content (AvgIpc) is 2.46. The number of amides is 2. The minimum atomic E-state index is -0.439. The Kier molecular flexibility index (Phi) is 4.96. The molecule has 1 saturated carbocycles. The van der Waals surface area contributed by atoms with Gasteiger partial charge in [-0.1, -0.05) is 12.8 Å². The largest absolute Gasteiger partial charge is 0.391 e. The Morgan fingerprint density at radius 3 is 2.38 bits per heavy atom. The molecule has 114 valence electrons. The van der Waals surface area contributed by atoms with Crippen molar-refractivity contribution in [3.63, 3.8) is 0 Å². The van der Waals surface area contributed by atoms with Crippen LogP contribution in [0.25, 0.3) is 0 Å². The summed E-state index contributed by atoms with van der Waals surface area (Å²) < 4.78 is 0. The normalized spacial score (nSPS) is 21.7. The van der Waals surface area contributed by atoms with Crippen molar-refractivity contribution >= 4 is 17.5 Å². The van der Waals surface area contributed by atoms with E-state index in [1.165, 1.54) is 6.92 Å². The smallest absolute Gasteiger partial charge is 0.253 e. The van der Waals surface area contributed by atoms with Crippen molar-refractivity contribution in [1.29, 1.82) is 0 Å². The molecular weight excluding hydrogens is 268 g/mol. The van der Waals surface area contributed by atoms with Gasteiger partial charge in [-0.15, -0.1) is 0 Å². The number of aliphatic hydroxyl groups is 1. The van der Waals surface area contributed by atoms with E-state index in [1.54, 1.807) is 36.2 Å². The minimum absolute atomic E-state index is 0.102. The molecule has 0 bridgehead atoms. The predicted molar refractivity (Wildman–Crippen MR) is 81.1 cm³/mol. The molecule has 1 fully saturated rings. The first kappa shape index (κ1) is 15.5. The van der Waals surface area contributed by atoms with Crippen LogP contribution in [0.4, 0.5) is 5.69 Å². The lowest BCUT2D eigenvalue weighted by molar-refractivity contribution is -0.114. The quantitative estimate of drug-likeness (QED) is 0.894. The van der Waals surface area contributed by atoms with Crippen molar-refractivity contribution in [2.75, 3.05) is 12.4 Å². The van der Waals surface area contributed by atoms with E-state index in [1.807, 2.05) is 0 Å². The lowest BCUT2D eigenvalue weighted by atomic mass is 9.91. The maximum atomic E-state index is 12.5. The molecule has 2 unspecified atom stereocenters. The van der Waals surface area contributed by atoms with Gasteiger partial charge in [-0.05, 0) is 37.1 Å². The summed E-state index contributed by atoms with van der Waals surface area (Å²) in [6.45, 7) is 1.44. The Balaban J connectivity index is 2.06. The lowest BCUT2D eigenvalue weighted by Gasteiger charge is -2.35. The Hall–Kier alpha value is -1.88. The molecule has 0 heterocycles. The van der Waals surface area contributed by atoms with Crippen LogP contribution in [0.15, 0.2) is 24.3 Å². The molecule has 2 rings (SSSR count). The molecule has 1 aromatic rings. The molecular formula is C16H22N2O3. The molecule has 2 atom stereocenters. The Morgan fingerprint density at radius 1 is 1.19 bits per heavy atom. The fourth-order valence-corrected chi connectivity index (χ4v) is 2.80. The summed E-state index contributed by atoms with van der Waals surface area (Å²) >= 11 is 0. The highest BCUT2D eigenvalue weighted by molar-refractivity contribution is 5.95. The molecule has 2 amide bonds. The van der Waals surface area contributed by atoms with Gasteiger partial charge in [0.05, 0.1) is 12.1 Å². The molecule has 0 saturated heterocycles. The first-order chi connectivity index (χ1) is 9.99. The molecule has 1 aliphatic carbocycles. The van der Waals surface area contributed by atoms with Crippen molar-refractivity contribution < 1.29 is 14.7 Å². The van der Waals surface area contributed by atoms with Crippen molar-refractivity contribution in [3.8, 4) is 0 Å². The van der Waals surface area contributed by atoms with Gasteiger partial charge in [-0.25, -0.2) is 0 Å². The number of nitrogens with zero attached hydrogens (tertiary/aromatic N) is 1. The summed E-state index contributed by atoms with van der Waals surface area (Å²) in [5, 5.41) is 12.7. The van der Waals surface area contributed by atoms with Crippen LogP contribution in [0.5, 0.6) is 0 Å². The number of benzene rings is 1. The van der Waals surface area contributed by atoms with Crippen molar-refractivity contribution in [3.05, 3.63) is 29.8 Å². The van der Waals surface area contributed by atoms with Crippen LogP contribution >= 0.6 is 0 Å². The zero-order valence-electron chi connectivity index (χ0n) is 12.5. The van der Waals surface area contributed by atoms with Crippen LogP contribution in [-0.4, -0.2) is 41.0 Å². The standard InChI is InChI=1S/C16H22N2O3/c1-11(19)17-13-9-7-12(8-10-13)16(21)18(2)14-5-3-4-6-15(14)20/h7-10,14-15,20H,3-6H2,1-2H3,(H,17,19). The lowest BCUT2D eigenvalue weighted by Crippen LogP contribution is -2.46. The molecule has 0 spiro atoms. The number of carbonyl (C=O) groups excluding carboxylic acids is 2. The van der Waals surface area contributed by atoms with Gasteiger partial charge in [0.1, 0.15) is 0 Å². The summed E-state index contributed by atoms with van der Waals surface area (Å²) in [7, 11) is 1.74. The van der Waals surface area contributed by atoms with Crippen molar-refractivity contribution in [2.24, 2.45) is 0 Å². The van der Waals surface area contributed by atoms with E-state index < -0.39 is 6.10 Å².